The van der Waals surface area contributed by atoms with Crippen LogP contribution in [0.4, 0.5) is 0 Å². The zero-order valence-electron chi connectivity index (χ0n) is 12.1. The third-order valence-electron chi connectivity index (χ3n) is 4.98. The molecule has 0 bridgehead atoms. The smallest absolute Gasteiger partial charge is 0.225 e. The van der Waals surface area contributed by atoms with Gasteiger partial charge in [-0.3, -0.25) is 9.78 Å². The Hall–Kier alpha value is -1.91. The second-order valence-electron chi connectivity index (χ2n) is 6.24. The van der Waals surface area contributed by atoms with Gasteiger partial charge < -0.3 is 9.88 Å². The van der Waals surface area contributed by atoms with E-state index in [1.165, 1.54) is 12.1 Å². The van der Waals surface area contributed by atoms with E-state index in [2.05, 4.69) is 25.9 Å². The van der Waals surface area contributed by atoms with Crippen molar-refractivity contribution in [3.05, 3.63) is 24.2 Å². The first-order valence-electron chi connectivity index (χ1n) is 7.89. The molecule has 0 spiro atoms. The summed E-state index contributed by atoms with van der Waals surface area (Å²) in [6.45, 7) is 1.77. The summed E-state index contributed by atoms with van der Waals surface area (Å²) in [4.78, 5) is 26.3. The van der Waals surface area contributed by atoms with Gasteiger partial charge in [0, 0.05) is 43.0 Å². The Morgan fingerprint density at radius 1 is 1.14 bits per heavy atom. The molecule has 5 nitrogen and oxygen atoms in total. The zero-order valence-corrected chi connectivity index (χ0v) is 12.1. The number of piperidine rings is 1. The molecule has 1 aliphatic heterocycles. The van der Waals surface area contributed by atoms with Gasteiger partial charge in [0.05, 0.1) is 0 Å². The van der Waals surface area contributed by atoms with Crippen LogP contribution in [-0.2, 0) is 4.79 Å². The quantitative estimate of drug-likeness (QED) is 0.921. The molecule has 1 saturated heterocycles. The van der Waals surface area contributed by atoms with E-state index in [0.29, 0.717) is 17.7 Å². The van der Waals surface area contributed by atoms with Crippen molar-refractivity contribution in [1.29, 1.82) is 0 Å². The van der Waals surface area contributed by atoms with Gasteiger partial charge in [0.1, 0.15) is 5.52 Å². The fraction of sp³-hybridized carbons (Fsp3) is 0.562. The van der Waals surface area contributed by atoms with Gasteiger partial charge in [-0.1, -0.05) is 6.42 Å². The van der Waals surface area contributed by atoms with Gasteiger partial charge in [-0.2, -0.15) is 0 Å². The maximum absolute atomic E-state index is 12.3. The van der Waals surface area contributed by atoms with Crippen molar-refractivity contribution < 1.29 is 4.79 Å². The largest absolute Gasteiger partial charge is 0.342 e. The Kier molecular flexibility index (Phi) is 3.13. The number of carbonyl (C=O) groups excluding carboxylic acids is 1. The van der Waals surface area contributed by atoms with Crippen LogP contribution in [0.5, 0.6) is 0 Å². The van der Waals surface area contributed by atoms with Gasteiger partial charge in [-0.15, -0.1) is 0 Å². The number of rotatable bonds is 2. The molecule has 0 aromatic carbocycles. The van der Waals surface area contributed by atoms with E-state index >= 15 is 0 Å². The number of hydrogen-bond donors (Lipinski definition) is 1. The van der Waals surface area contributed by atoms with Crippen molar-refractivity contribution in [1.82, 2.24) is 19.9 Å². The van der Waals surface area contributed by atoms with Crippen LogP contribution >= 0.6 is 0 Å². The summed E-state index contributed by atoms with van der Waals surface area (Å²) in [5.41, 5.74) is 3.01. The van der Waals surface area contributed by atoms with Crippen molar-refractivity contribution in [2.45, 2.75) is 38.0 Å². The highest BCUT2D eigenvalue weighted by molar-refractivity contribution is 5.79. The van der Waals surface area contributed by atoms with Gasteiger partial charge in [0.25, 0.3) is 0 Å². The molecule has 0 atom stereocenters. The van der Waals surface area contributed by atoms with Gasteiger partial charge in [-0.25, -0.2) is 4.98 Å². The summed E-state index contributed by atoms with van der Waals surface area (Å²) in [6.07, 6.45) is 8.91. The summed E-state index contributed by atoms with van der Waals surface area (Å²) >= 11 is 0. The highest BCUT2D eigenvalue weighted by Gasteiger charge is 2.32. The molecule has 1 amide bonds. The molecular weight excluding hydrogens is 264 g/mol. The van der Waals surface area contributed by atoms with E-state index in [1.807, 2.05) is 0 Å². The minimum atomic E-state index is 0.322. The molecular formula is C16H20N4O. The average molecular weight is 284 g/mol. The van der Waals surface area contributed by atoms with Crippen LogP contribution in [0.2, 0.25) is 0 Å². The van der Waals surface area contributed by atoms with Gasteiger partial charge in [-0.05, 0) is 31.7 Å². The first kappa shape index (κ1) is 12.8. The molecule has 2 aromatic rings. The Morgan fingerprint density at radius 2 is 1.90 bits per heavy atom. The lowest BCUT2D eigenvalue weighted by atomic mass is 9.83. The SMILES string of the molecule is O=C(C1CCC1)N1CCC(c2cc3nccnc3[nH]2)CC1. The molecule has 0 unspecified atom stereocenters. The van der Waals surface area contributed by atoms with E-state index in [-0.39, 0.29) is 0 Å². The molecule has 3 heterocycles. The molecule has 2 aliphatic rings. The van der Waals surface area contributed by atoms with E-state index < -0.39 is 0 Å². The standard InChI is InChI=1S/C16H20N4O/c21-16(12-2-1-3-12)20-8-4-11(5-9-20)13-10-14-15(19-13)18-7-6-17-14/h6-7,10-12H,1-5,8-9H2,(H,18,19). The predicted octanol–water partition coefficient (Wildman–Crippen LogP) is 2.46. The first-order valence-corrected chi connectivity index (χ1v) is 7.89. The fourth-order valence-electron chi connectivity index (χ4n) is 3.42. The number of carbonyl (C=O) groups is 1. The monoisotopic (exact) mass is 284 g/mol. The van der Waals surface area contributed by atoms with Crippen molar-refractivity contribution in [3.8, 4) is 0 Å². The number of H-pyrrole nitrogens is 1. The summed E-state index contributed by atoms with van der Waals surface area (Å²) in [5, 5.41) is 0. The Bertz CT molecular complexity index is 620. The molecule has 110 valence electrons. The topological polar surface area (TPSA) is 61.9 Å². The summed E-state index contributed by atoms with van der Waals surface area (Å²) < 4.78 is 0. The minimum Gasteiger partial charge on any atom is -0.342 e. The number of nitrogens with zero attached hydrogens (tertiary/aromatic N) is 3. The van der Waals surface area contributed by atoms with Crippen LogP contribution < -0.4 is 0 Å². The van der Waals surface area contributed by atoms with E-state index in [4.69, 9.17) is 0 Å². The highest BCUT2D eigenvalue weighted by Crippen LogP contribution is 2.32. The maximum Gasteiger partial charge on any atom is 0.225 e. The lowest BCUT2D eigenvalue weighted by Crippen LogP contribution is -2.43. The average Bonchev–Trinajstić information content (AvgIpc) is 2.89. The van der Waals surface area contributed by atoms with E-state index in [0.717, 1.165) is 49.9 Å². The number of amides is 1. The van der Waals surface area contributed by atoms with Crippen LogP contribution in [0, 0.1) is 5.92 Å². The Morgan fingerprint density at radius 3 is 2.57 bits per heavy atom. The van der Waals surface area contributed by atoms with Crippen LogP contribution in [0.25, 0.3) is 11.2 Å². The lowest BCUT2D eigenvalue weighted by Gasteiger charge is -2.36. The van der Waals surface area contributed by atoms with Crippen molar-refractivity contribution in [2.24, 2.45) is 5.92 Å². The second-order valence-corrected chi connectivity index (χ2v) is 6.24. The Balaban J connectivity index is 1.43. The molecule has 2 aromatic heterocycles. The third-order valence-corrected chi connectivity index (χ3v) is 4.98. The number of nitrogens with one attached hydrogen (secondary N) is 1. The van der Waals surface area contributed by atoms with Crippen LogP contribution in [-0.4, -0.2) is 38.8 Å². The van der Waals surface area contributed by atoms with Crippen LogP contribution in [0.15, 0.2) is 18.5 Å². The van der Waals surface area contributed by atoms with Gasteiger partial charge in [0.2, 0.25) is 5.91 Å². The predicted molar refractivity (Wildman–Crippen MR) is 79.8 cm³/mol. The molecule has 1 N–H and O–H groups in total. The Labute approximate surface area is 123 Å². The van der Waals surface area contributed by atoms with Gasteiger partial charge >= 0.3 is 0 Å². The number of hydrogen-bond acceptors (Lipinski definition) is 3. The summed E-state index contributed by atoms with van der Waals surface area (Å²) in [7, 11) is 0. The maximum atomic E-state index is 12.3. The zero-order chi connectivity index (χ0) is 14.2. The molecule has 1 saturated carbocycles. The minimum absolute atomic E-state index is 0.322. The number of fused-ring (bicyclic) bond motifs is 1. The summed E-state index contributed by atoms with van der Waals surface area (Å²) in [6, 6.07) is 2.11. The normalized spacial score (nSPS) is 20.7. The molecule has 1 aliphatic carbocycles. The van der Waals surface area contributed by atoms with Crippen LogP contribution in [0.1, 0.15) is 43.7 Å². The van der Waals surface area contributed by atoms with Crippen LogP contribution in [0.3, 0.4) is 0 Å². The number of aromatic amines is 1. The third kappa shape index (κ3) is 2.30. The molecule has 5 heteroatoms. The molecule has 0 radical (unpaired) electrons. The van der Waals surface area contributed by atoms with Crippen molar-refractivity contribution in [3.63, 3.8) is 0 Å². The molecule has 4 rings (SSSR count). The molecule has 2 fully saturated rings. The van der Waals surface area contributed by atoms with Gasteiger partial charge in [0.15, 0.2) is 5.65 Å². The van der Waals surface area contributed by atoms with Crippen molar-refractivity contribution >= 4 is 17.1 Å². The van der Waals surface area contributed by atoms with Crippen molar-refractivity contribution in [2.75, 3.05) is 13.1 Å². The highest BCUT2D eigenvalue weighted by atomic mass is 16.2. The first-order chi connectivity index (χ1) is 10.3. The number of likely N-dealkylation sites (tertiary alicyclic amines) is 1. The van der Waals surface area contributed by atoms with E-state index in [9.17, 15) is 4.79 Å². The molecule has 21 heavy (non-hydrogen) atoms. The fourth-order valence-corrected chi connectivity index (χ4v) is 3.42. The lowest BCUT2D eigenvalue weighted by molar-refractivity contribution is -0.139. The summed E-state index contributed by atoms with van der Waals surface area (Å²) in [5.74, 6) is 1.20. The van der Waals surface area contributed by atoms with E-state index in [1.54, 1.807) is 12.4 Å². The number of aromatic nitrogens is 3. The second kappa shape index (κ2) is 5.13.